The standard InChI is InChI=1S/C25H22Br2N2O6/c1-4-34-22-12-15(14-28-29-24(30)19-13-17(26)7-10-21(19)33-3)11-20(27)23(22)35-25(31)16-5-8-18(32-2)9-6-16/h5-14H,4H2,1-3H3,(H,29,30)/b28-14-. The molecular formula is C25H22Br2N2O6. The van der Waals surface area contributed by atoms with E-state index in [0.29, 0.717) is 45.0 Å². The molecule has 0 aliphatic rings. The molecule has 0 saturated carbocycles. The molecule has 35 heavy (non-hydrogen) atoms. The van der Waals surface area contributed by atoms with Crippen molar-refractivity contribution >= 4 is 50.0 Å². The maximum Gasteiger partial charge on any atom is 0.343 e. The monoisotopic (exact) mass is 604 g/mol. The number of rotatable bonds is 9. The van der Waals surface area contributed by atoms with Crippen LogP contribution in [0.25, 0.3) is 0 Å². The minimum absolute atomic E-state index is 0.229. The number of hydrazone groups is 1. The summed E-state index contributed by atoms with van der Waals surface area (Å²) in [6.07, 6.45) is 1.45. The molecule has 0 aliphatic carbocycles. The number of nitrogens with one attached hydrogen (secondary N) is 1. The average Bonchev–Trinajstić information content (AvgIpc) is 2.86. The van der Waals surface area contributed by atoms with Crippen LogP contribution in [0.2, 0.25) is 0 Å². The number of esters is 1. The Labute approximate surface area is 219 Å². The SMILES string of the molecule is CCOc1cc(/C=N\NC(=O)c2cc(Br)ccc2OC)cc(Br)c1OC(=O)c1ccc(OC)cc1. The van der Waals surface area contributed by atoms with Crippen molar-refractivity contribution in [1.29, 1.82) is 0 Å². The highest BCUT2D eigenvalue weighted by molar-refractivity contribution is 9.10. The number of amides is 1. The van der Waals surface area contributed by atoms with E-state index < -0.39 is 11.9 Å². The Bertz CT molecular complexity index is 1250. The van der Waals surface area contributed by atoms with E-state index in [9.17, 15) is 9.59 Å². The summed E-state index contributed by atoms with van der Waals surface area (Å²) in [7, 11) is 3.03. The van der Waals surface area contributed by atoms with Gasteiger partial charge in [0.25, 0.3) is 5.91 Å². The van der Waals surface area contributed by atoms with Crippen molar-refractivity contribution in [1.82, 2.24) is 5.43 Å². The highest BCUT2D eigenvalue weighted by atomic mass is 79.9. The Balaban J connectivity index is 1.78. The first-order valence-corrected chi connectivity index (χ1v) is 11.9. The maximum atomic E-state index is 12.6. The molecule has 0 fully saturated rings. The van der Waals surface area contributed by atoms with Crippen molar-refractivity contribution in [2.45, 2.75) is 6.92 Å². The van der Waals surface area contributed by atoms with Crippen molar-refractivity contribution in [2.75, 3.05) is 20.8 Å². The van der Waals surface area contributed by atoms with Gasteiger partial charge in [0.2, 0.25) is 0 Å². The molecule has 0 atom stereocenters. The lowest BCUT2D eigenvalue weighted by Crippen LogP contribution is -2.18. The van der Waals surface area contributed by atoms with Crippen LogP contribution in [0.1, 0.15) is 33.2 Å². The van der Waals surface area contributed by atoms with Gasteiger partial charge in [-0.15, -0.1) is 0 Å². The fraction of sp³-hybridized carbons (Fsp3) is 0.160. The second-order valence-electron chi connectivity index (χ2n) is 6.92. The third-order valence-electron chi connectivity index (χ3n) is 4.64. The van der Waals surface area contributed by atoms with Crippen LogP contribution >= 0.6 is 31.9 Å². The summed E-state index contributed by atoms with van der Waals surface area (Å²) >= 11 is 6.77. The molecule has 182 valence electrons. The third-order valence-corrected chi connectivity index (χ3v) is 5.72. The summed E-state index contributed by atoms with van der Waals surface area (Å²) in [4.78, 5) is 25.2. The van der Waals surface area contributed by atoms with Gasteiger partial charge in [-0.3, -0.25) is 4.79 Å². The average molecular weight is 606 g/mol. The van der Waals surface area contributed by atoms with Crippen LogP contribution in [-0.4, -0.2) is 38.9 Å². The zero-order valence-electron chi connectivity index (χ0n) is 19.1. The topological polar surface area (TPSA) is 95.5 Å². The Morgan fingerprint density at radius 3 is 2.37 bits per heavy atom. The van der Waals surface area contributed by atoms with Crippen LogP contribution in [0.3, 0.4) is 0 Å². The van der Waals surface area contributed by atoms with Crippen molar-refractivity contribution < 1.29 is 28.5 Å². The van der Waals surface area contributed by atoms with Crippen molar-refractivity contribution in [3.8, 4) is 23.0 Å². The van der Waals surface area contributed by atoms with E-state index >= 15 is 0 Å². The molecular weight excluding hydrogens is 584 g/mol. The van der Waals surface area contributed by atoms with Gasteiger partial charge in [-0.1, -0.05) is 15.9 Å². The molecule has 0 aromatic heterocycles. The van der Waals surface area contributed by atoms with Crippen LogP contribution in [0, 0.1) is 0 Å². The van der Waals surface area contributed by atoms with E-state index in [0.717, 1.165) is 4.47 Å². The number of ether oxygens (including phenoxy) is 4. The molecule has 3 aromatic rings. The van der Waals surface area contributed by atoms with Crippen LogP contribution in [-0.2, 0) is 0 Å². The zero-order valence-corrected chi connectivity index (χ0v) is 22.3. The van der Waals surface area contributed by atoms with Crippen LogP contribution in [0.5, 0.6) is 23.0 Å². The summed E-state index contributed by atoms with van der Waals surface area (Å²) in [6.45, 7) is 2.16. The Morgan fingerprint density at radius 1 is 0.971 bits per heavy atom. The molecule has 3 aromatic carbocycles. The predicted molar refractivity (Wildman–Crippen MR) is 139 cm³/mol. The van der Waals surface area contributed by atoms with Gasteiger partial charge in [0.1, 0.15) is 11.5 Å². The van der Waals surface area contributed by atoms with E-state index in [-0.39, 0.29) is 5.75 Å². The largest absolute Gasteiger partial charge is 0.497 e. The van der Waals surface area contributed by atoms with Gasteiger partial charge in [0, 0.05) is 4.47 Å². The molecule has 1 N–H and O–H groups in total. The minimum atomic E-state index is -0.550. The van der Waals surface area contributed by atoms with Gasteiger partial charge in [0.15, 0.2) is 11.5 Å². The molecule has 0 bridgehead atoms. The lowest BCUT2D eigenvalue weighted by Gasteiger charge is -2.13. The molecule has 0 spiro atoms. The number of benzene rings is 3. The van der Waals surface area contributed by atoms with Crippen LogP contribution in [0.15, 0.2) is 68.6 Å². The first-order valence-electron chi connectivity index (χ1n) is 10.4. The minimum Gasteiger partial charge on any atom is -0.497 e. The normalized spacial score (nSPS) is 10.7. The molecule has 0 aliphatic heterocycles. The maximum absolute atomic E-state index is 12.6. The highest BCUT2D eigenvalue weighted by Gasteiger charge is 2.18. The third kappa shape index (κ3) is 6.83. The van der Waals surface area contributed by atoms with Crippen LogP contribution in [0.4, 0.5) is 0 Å². The molecule has 8 nitrogen and oxygen atoms in total. The van der Waals surface area contributed by atoms with E-state index in [2.05, 4.69) is 42.4 Å². The molecule has 3 rings (SSSR count). The number of nitrogens with zero attached hydrogens (tertiary/aromatic N) is 1. The van der Waals surface area contributed by atoms with E-state index in [4.69, 9.17) is 18.9 Å². The van der Waals surface area contributed by atoms with Crippen LogP contribution < -0.4 is 24.4 Å². The molecule has 1 amide bonds. The number of carbonyl (C=O) groups is 2. The number of hydrogen-bond acceptors (Lipinski definition) is 7. The quantitative estimate of drug-likeness (QED) is 0.147. The lowest BCUT2D eigenvalue weighted by molar-refractivity contribution is 0.0726. The number of hydrogen-bond donors (Lipinski definition) is 1. The van der Waals surface area contributed by atoms with Gasteiger partial charge in [0.05, 0.1) is 42.6 Å². The first kappa shape index (κ1) is 26.2. The highest BCUT2D eigenvalue weighted by Crippen LogP contribution is 2.37. The predicted octanol–water partition coefficient (Wildman–Crippen LogP) is 5.61. The first-order chi connectivity index (χ1) is 16.9. The van der Waals surface area contributed by atoms with Crippen molar-refractivity contribution in [3.63, 3.8) is 0 Å². The van der Waals surface area contributed by atoms with Crippen molar-refractivity contribution in [2.24, 2.45) is 5.10 Å². The summed E-state index contributed by atoms with van der Waals surface area (Å²) in [5.74, 6) is 0.634. The Morgan fingerprint density at radius 2 is 1.71 bits per heavy atom. The van der Waals surface area contributed by atoms with E-state index in [1.165, 1.54) is 13.3 Å². The molecule has 0 unspecified atom stereocenters. The molecule has 0 saturated heterocycles. The van der Waals surface area contributed by atoms with E-state index in [1.54, 1.807) is 61.7 Å². The Kier molecular flexibility index (Phi) is 9.27. The van der Waals surface area contributed by atoms with Gasteiger partial charge < -0.3 is 18.9 Å². The Hall–Kier alpha value is -3.37. The number of carbonyl (C=O) groups excluding carboxylic acids is 2. The summed E-state index contributed by atoms with van der Waals surface area (Å²) in [5, 5.41) is 4.03. The fourth-order valence-corrected chi connectivity index (χ4v) is 3.89. The smallest absolute Gasteiger partial charge is 0.343 e. The van der Waals surface area contributed by atoms with Gasteiger partial charge >= 0.3 is 5.97 Å². The van der Waals surface area contributed by atoms with Gasteiger partial charge in [-0.2, -0.15) is 5.10 Å². The van der Waals surface area contributed by atoms with E-state index in [1.807, 2.05) is 6.92 Å². The summed E-state index contributed by atoms with van der Waals surface area (Å²) in [6, 6.07) is 15.0. The zero-order chi connectivity index (χ0) is 25.4. The lowest BCUT2D eigenvalue weighted by atomic mass is 10.2. The van der Waals surface area contributed by atoms with Gasteiger partial charge in [-0.05, 0) is 83.0 Å². The number of halogens is 2. The van der Waals surface area contributed by atoms with Crippen molar-refractivity contribution in [3.05, 3.63) is 80.2 Å². The molecule has 0 heterocycles. The summed E-state index contributed by atoms with van der Waals surface area (Å²) in [5.41, 5.74) is 3.77. The molecule has 0 radical (unpaired) electrons. The van der Waals surface area contributed by atoms with Gasteiger partial charge in [-0.25, -0.2) is 10.2 Å². The summed E-state index contributed by atoms with van der Waals surface area (Å²) < 4.78 is 22.8. The number of methoxy groups -OCH3 is 2. The second-order valence-corrected chi connectivity index (χ2v) is 8.69. The second kappa shape index (κ2) is 12.4. The molecule has 10 heteroatoms. The fourth-order valence-electron chi connectivity index (χ4n) is 2.99.